The van der Waals surface area contributed by atoms with E-state index in [4.69, 9.17) is 40.5 Å². The monoisotopic (exact) mass is 761 g/mol. The Balaban J connectivity index is 0.000000217. The van der Waals surface area contributed by atoms with Crippen LogP contribution in [-0.2, 0) is 9.59 Å². The van der Waals surface area contributed by atoms with Crippen LogP contribution in [0.2, 0.25) is 15.1 Å². The second-order valence-electron chi connectivity index (χ2n) is 13.2. The van der Waals surface area contributed by atoms with E-state index in [2.05, 4.69) is 30.6 Å². The summed E-state index contributed by atoms with van der Waals surface area (Å²) in [5.41, 5.74) is 7.36. The maximum atomic E-state index is 12.5. The number of carbonyl (C=O) groups excluding carboxylic acids is 4. The van der Waals surface area contributed by atoms with Gasteiger partial charge in [0.1, 0.15) is 11.4 Å². The van der Waals surface area contributed by atoms with Gasteiger partial charge in [-0.3, -0.25) is 29.1 Å². The largest absolute Gasteiger partial charge is 0.398 e. The molecule has 270 valence electrons. The number of anilines is 3. The van der Waals surface area contributed by atoms with Crippen LogP contribution >= 0.6 is 34.8 Å². The predicted octanol–water partition coefficient (Wildman–Crippen LogP) is 8.61. The number of halogens is 3. The summed E-state index contributed by atoms with van der Waals surface area (Å²) in [7, 11) is 0. The van der Waals surface area contributed by atoms with Crippen LogP contribution < -0.4 is 16.4 Å². The lowest BCUT2D eigenvalue weighted by molar-refractivity contribution is -0.123. The van der Waals surface area contributed by atoms with Crippen LogP contribution in [-0.4, -0.2) is 43.3 Å². The minimum absolute atomic E-state index is 0.000164. The van der Waals surface area contributed by atoms with Gasteiger partial charge >= 0.3 is 0 Å². The molecule has 0 radical (unpaired) electrons. The maximum absolute atomic E-state index is 12.5. The number of nitrogens with two attached hydrogens (primary N) is 1. The number of nitrogens with one attached hydrogen (secondary N) is 2. The Hall–Kier alpha value is -5.23. The molecule has 0 aliphatic rings. The van der Waals surface area contributed by atoms with Gasteiger partial charge in [-0.05, 0) is 60.7 Å². The molecule has 2 heterocycles. The highest BCUT2D eigenvalue weighted by atomic mass is 35.5. The molecule has 5 rings (SSSR count). The number of carbonyl (C=O) groups is 4. The first-order valence-electron chi connectivity index (χ1n) is 15.7. The Labute approximate surface area is 317 Å². The molecule has 5 aromatic rings. The van der Waals surface area contributed by atoms with E-state index in [1.54, 1.807) is 69.3 Å². The molecule has 2 amide bonds. The van der Waals surface area contributed by atoms with Crippen molar-refractivity contribution < 1.29 is 19.2 Å². The number of rotatable bonds is 6. The molecular formula is C38H38Cl3N7O4. The van der Waals surface area contributed by atoms with Crippen molar-refractivity contribution >= 4 is 75.2 Å². The predicted molar refractivity (Wildman–Crippen MR) is 206 cm³/mol. The Kier molecular flexibility index (Phi) is 14.5. The SMILES string of the molecule is CC(C)(C)C(=O)Nc1ccc(Cl)cc1.CC(C)(C)C(=O)Nc1ccc(Cl)cc1C(=O)c1cnccn1.Nc1ccc(Cl)cc1C(=O)c1cnccn1. The average molecular weight is 763 g/mol. The molecule has 11 nitrogen and oxygen atoms in total. The normalized spacial score (nSPS) is 10.8. The summed E-state index contributed by atoms with van der Waals surface area (Å²) in [5, 5.41) is 7.10. The molecule has 0 bridgehead atoms. The Morgan fingerprint density at radius 2 is 1.02 bits per heavy atom. The molecule has 0 saturated carbocycles. The molecule has 0 unspecified atom stereocenters. The third-order valence-electron chi connectivity index (χ3n) is 6.79. The van der Waals surface area contributed by atoms with Crippen LogP contribution in [0.25, 0.3) is 0 Å². The fraction of sp³-hybridized carbons (Fsp3) is 0.211. The van der Waals surface area contributed by atoms with Crippen molar-refractivity contribution in [1.29, 1.82) is 0 Å². The van der Waals surface area contributed by atoms with E-state index in [9.17, 15) is 19.2 Å². The lowest BCUT2D eigenvalue weighted by atomic mass is 9.95. The van der Waals surface area contributed by atoms with Gasteiger partial charge in [0.25, 0.3) is 0 Å². The lowest BCUT2D eigenvalue weighted by Gasteiger charge is -2.19. The molecule has 0 aliphatic heterocycles. The molecule has 0 atom stereocenters. The van der Waals surface area contributed by atoms with Gasteiger partial charge in [-0.15, -0.1) is 0 Å². The second-order valence-corrected chi connectivity index (χ2v) is 14.5. The van der Waals surface area contributed by atoms with Gasteiger partial charge in [0.2, 0.25) is 23.4 Å². The van der Waals surface area contributed by atoms with Crippen molar-refractivity contribution in [2.24, 2.45) is 10.8 Å². The Morgan fingerprint density at radius 3 is 1.50 bits per heavy atom. The minimum atomic E-state index is -0.577. The van der Waals surface area contributed by atoms with Crippen molar-refractivity contribution in [2.75, 3.05) is 16.4 Å². The first-order chi connectivity index (χ1) is 24.4. The number of aromatic nitrogens is 4. The van der Waals surface area contributed by atoms with Crippen molar-refractivity contribution in [3.05, 3.63) is 135 Å². The maximum Gasteiger partial charge on any atom is 0.229 e. The zero-order valence-electron chi connectivity index (χ0n) is 29.4. The summed E-state index contributed by atoms with van der Waals surface area (Å²) in [6.07, 6.45) is 8.63. The van der Waals surface area contributed by atoms with Crippen molar-refractivity contribution in [2.45, 2.75) is 41.5 Å². The van der Waals surface area contributed by atoms with Crippen molar-refractivity contribution in [3.8, 4) is 0 Å². The van der Waals surface area contributed by atoms with Gasteiger partial charge in [-0.25, -0.2) is 9.97 Å². The van der Waals surface area contributed by atoms with Crippen molar-refractivity contribution in [3.63, 3.8) is 0 Å². The van der Waals surface area contributed by atoms with Crippen LogP contribution in [0.15, 0.2) is 97.8 Å². The molecule has 3 aromatic carbocycles. The van der Waals surface area contributed by atoms with E-state index in [1.165, 1.54) is 49.3 Å². The first-order valence-corrected chi connectivity index (χ1v) is 16.8. The number of benzene rings is 3. The van der Waals surface area contributed by atoms with Crippen LogP contribution in [0.5, 0.6) is 0 Å². The third kappa shape index (κ3) is 12.5. The van der Waals surface area contributed by atoms with Crippen LogP contribution in [0.1, 0.15) is 73.6 Å². The number of ketones is 2. The molecule has 0 fully saturated rings. The minimum Gasteiger partial charge on any atom is -0.398 e. The van der Waals surface area contributed by atoms with Gasteiger partial charge in [-0.2, -0.15) is 0 Å². The molecule has 0 spiro atoms. The summed E-state index contributed by atoms with van der Waals surface area (Å²) in [4.78, 5) is 63.8. The van der Waals surface area contributed by atoms with Crippen LogP contribution in [0.3, 0.4) is 0 Å². The number of hydrogen-bond acceptors (Lipinski definition) is 9. The molecule has 2 aromatic heterocycles. The summed E-state index contributed by atoms with van der Waals surface area (Å²) in [5.74, 6) is -0.823. The standard InChI is InChI=1S/C16H16ClN3O2.C11H8ClN3O.C11H14ClNO/c1-16(2,3)15(22)20-12-5-4-10(17)8-11(12)14(21)13-9-18-6-7-19-13;12-7-1-2-9(13)8(5-7)11(16)10-6-14-3-4-15-10;1-11(2,3)10(14)13-9-6-4-8(12)5-7-9/h4-9H,1-3H3,(H,20,22);1-6H,13H2;4-7H,1-3H3,(H,13,14). The van der Waals surface area contributed by atoms with E-state index in [0.717, 1.165) is 5.69 Å². The van der Waals surface area contributed by atoms with Gasteiger partial charge < -0.3 is 16.4 Å². The molecular weight excluding hydrogens is 725 g/mol. The highest BCUT2D eigenvalue weighted by Crippen LogP contribution is 2.26. The Morgan fingerprint density at radius 1 is 0.577 bits per heavy atom. The topological polar surface area (TPSA) is 170 Å². The van der Waals surface area contributed by atoms with Crippen LogP contribution in [0.4, 0.5) is 17.1 Å². The molecule has 0 aliphatic carbocycles. The lowest BCUT2D eigenvalue weighted by Crippen LogP contribution is -2.28. The van der Waals surface area contributed by atoms with E-state index in [0.29, 0.717) is 32.0 Å². The van der Waals surface area contributed by atoms with E-state index in [-0.39, 0.29) is 45.7 Å². The second kappa shape index (κ2) is 18.3. The Bertz CT molecular complexity index is 2020. The van der Waals surface area contributed by atoms with Crippen molar-refractivity contribution in [1.82, 2.24) is 19.9 Å². The smallest absolute Gasteiger partial charge is 0.229 e. The zero-order valence-corrected chi connectivity index (χ0v) is 31.6. The quantitative estimate of drug-likeness (QED) is 0.113. The molecule has 0 saturated heterocycles. The number of nitrogen functional groups attached to an aromatic ring is 1. The van der Waals surface area contributed by atoms with Gasteiger partial charge in [0, 0.05) is 73.2 Å². The molecule has 52 heavy (non-hydrogen) atoms. The number of nitrogens with zero attached hydrogens (tertiary/aromatic N) is 4. The summed E-state index contributed by atoms with van der Waals surface area (Å²) in [6.45, 7) is 11.0. The average Bonchev–Trinajstić information content (AvgIpc) is 3.11. The number of amides is 2. The molecule has 14 heteroatoms. The fourth-order valence-corrected chi connectivity index (χ4v) is 4.28. The highest BCUT2D eigenvalue weighted by Gasteiger charge is 2.24. The third-order valence-corrected chi connectivity index (χ3v) is 7.51. The first kappa shape index (κ1) is 41.2. The van der Waals surface area contributed by atoms with E-state index in [1.807, 2.05) is 20.8 Å². The van der Waals surface area contributed by atoms with Gasteiger partial charge in [0.05, 0.1) is 18.1 Å². The fourth-order valence-electron chi connectivity index (χ4n) is 3.81. The van der Waals surface area contributed by atoms with Crippen LogP contribution in [0, 0.1) is 10.8 Å². The highest BCUT2D eigenvalue weighted by molar-refractivity contribution is 6.32. The summed E-state index contributed by atoms with van der Waals surface area (Å²) >= 11 is 17.5. The van der Waals surface area contributed by atoms with E-state index >= 15 is 0 Å². The number of hydrogen-bond donors (Lipinski definition) is 3. The van der Waals surface area contributed by atoms with E-state index < -0.39 is 5.41 Å². The summed E-state index contributed by atoms with van der Waals surface area (Å²) in [6, 6.07) is 16.5. The summed E-state index contributed by atoms with van der Waals surface area (Å²) < 4.78 is 0. The zero-order chi connectivity index (χ0) is 38.6. The molecule has 4 N–H and O–H groups in total. The van der Waals surface area contributed by atoms with Gasteiger partial charge in [0.15, 0.2) is 0 Å². The van der Waals surface area contributed by atoms with Gasteiger partial charge in [-0.1, -0.05) is 76.3 Å².